The SMILES string of the molecule is Cc1nc2nc(NC3CCN(Cc4ccc(Cc5nc6nc(NC7CCN(Cc8cc(F)cc(F)c8O)CC7)nc(N)c6c6c5CCC6)cc4O)CC3)nc(N)c2c2c1CCC2. The number of nitrogen functional groups attached to an aromatic ring is 2. The van der Waals surface area contributed by atoms with Crippen LogP contribution in [0.1, 0.15) is 88.9 Å². The predicted molar refractivity (Wildman–Crippen MR) is 235 cm³/mol. The number of rotatable bonds is 10. The maximum Gasteiger partial charge on any atom is 0.226 e. The molecule has 2 saturated heterocycles. The molecule has 0 unspecified atom stereocenters. The summed E-state index contributed by atoms with van der Waals surface area (Å²) in [6.07, 6.45) is 9.79. The molecule has 6 aromatic rings. The van der Waals surface area contributed by atoms with Gasteiger partial charge in [0.1, 0.15) is 23.2 Å². The highest BCUT2D eigenvalue weighted by atomic mass is 19.1. The van der Waals surface area contributed by atoms with E-state index in [2.05, 4.69) is 43.4 Å². The number of nitrogens with zero attached hydrogens (tertiary/aromatic N) is 8. The first kappa shape index (κ1) is 40.1. The van der Waals surface area contributed by atoms with Crippen molar-refractivity contribution in [1.29, 1.82) is 0 Å². The molecule has 6 heterocycles. The highest BCUT2D eigenvalue weighted by Crippen LogP contribution is 2.37. The Morgan fingerprint density at radius 3 is 1.82 bits per heavy atom. The lowest BCUT2D eigenvalue weighted by molar-refractivity contribution is 0.208. The third kappa shape index (κ3) is 7.85. The van der Waals surface area contributed by atoms with Crippen molar-refractivity contribution in [2.75, 3.05) is 48.3 Å². The van der Waals surface area contributed by atoms with Gasteiger partial charge in [-0.1, -0.05) is 12.1 Å². The van der Waals surface area contributed by atoms with Gasteiger partial charge in [0.15, 0.2) is 22.9 Å². The summed E-state index contributed by atoms with van der Waals surface area (Å²) in [5, 5.41) is 30.1. The number of piperidine rings is 2. The largest absolute Gasteiger partial charge is 0.508 e. The number of likely N-dealkylation sites (tertiary alicyclic amines) is 2. The first-order valence-corrected chi connectivity index (χ1v) is 21.9. The smallest absolute Gasteiger partial charge is 0.226 e. The van der Waals surface area contributed by atoms with Gasteiger partial charge in [-0.2, -0.15) is 19.9 Å². The highest BCUT2D eigenvalue weighted by Gasteiger charge is 2.27. The minimum absolute atomic E-state index is 0.0619. The maximum atomic E-state index is 13.9. The van der Waals surface area contributed by atoms with Crippen LogP contribution in [0.5, 0.6) is 11.5 Å². The van der Waals surface area contributed by atoms with Gasteiger partial charge in [-0.3, -0.25) is 9.80 Å². The third-order valence-corrected chi connectivity index (χ3v) is 13.4. The number of halogens is 2. The summed E-state index contributed by atoms with van der Waals surface area (Å²) in [4.78, 5) is 33.2. The Morgan fingerprint density at radius 2 is 1.21 bits per heavy atom. The van der Waals surface area contributed by atoms with E-state index in [0.29, 0.717) is 66.9 Å². The molecule has 8 N–H and O–H groups in total. The van der Waals surface area contributed by atoms with Crippen LogP contribution in [0.25, 0.3) is 22.1 Å². The summed E-state index contributed by atoms with van der Waals surface area (Å²) in [6, 6.07) is 8.12. The Hall–Kier alpha value is -6.00. The number of aromatic nitrogens is 6. The average molecular weight is 843 g/mol. The number of hydrogen-bond donors (Lipinski definition) is 6. The van der Waals surface area contributed by atoms with Crippen LogP contribution in [0.4, 0.5) is 32.3 Å². The van der Waals surface area contributed by atoms with Crippen LogP contribution in [-0.2, 0) is 45.2 Å². The van der Waals surface area contributed by atoms with Crippen molar-refractivity contribution >= 4 is 45.6 Å². The second-order valence-corrected chi connectivity index (χ2v) is 17.6. The highest BCUT2D eigenvalue weighted by molar-refractivity contribution is 5.92. The van der Waals surface area contributed by atoms with Crippen LogP contribution in [0.15, 0.2) is 30.3 Å². The number of benzene rings is 2. The second kappa shape index (κ2) is 16.4. The van der Waals surface area contributed by atoms with Gasteiger partial charge in [-0.25, -0.2) is 18.7 Å². The summed E-state index contributed by atoms with van der Waals surface area (Å²) in [6.45, 7) is 6.01. The quantitative estimate of drug-likeness (QED) is 0.0905. The summed E-state index contributed by atoms with van der Waals surface area (Å²) >= 11 is 0. The van der Waals surface area contributed by atoms with Crippen LogP contribution in [0.2, 0.25) is 0 Å². The number of pyridine rings is 2. The molecule has 0 spiro atoms. The van der Waals surface area contributed by atoms with E-state index in [0.717, 1.165) is 116 Å². The lowest BCUT2D eigenvalue weighted by atomic mass is 9.99. The maximum absolute atomic E-state index is 13.9. The number of nitrogens with two attached hydrogens (primary N) is 2. The fraction of sp³-hybridized carbons (Fsp3) is 0.435. The van der Waals surface area contributed by atoms with Gasteiger partial charge in [-0.15, -0.1) is 0 Å². The van der Waals surface area contributed by atoms with Crippen molar-refractivity contribution in [1.82, 2.24) is 39.7 Å². The molecule has 0 bridgehead atoms. The number of fused-ring (bicyclic) bond motifs is 6. The molecule has 0 saturated carbocycles. The molecule has 2 fully saturated rings. The Balaban J connectivity index is 0.770. The van der Waals surface area contributed by atoms with Crippen LogP contribution >= 0.6 is 0 Å². The lowest BCUT2D eigenvalue weighted by Crippen LogP contribution is -2.39. The fourth-order valence-electron chi connectivity index (χ4n) is 10.2. The number of aryl methyl sites for hydroxylation is 3. The minimum Gasteiger partial charge on any atom is -0.508 e. The molecule has 4 aliphatic rings. The van der Waals surface area contributed by atoms with Crippen LogP contribution in [0, 0.1) is 18.6 Å². The Kier molecular flexibility index (Phi) is 10.6. The lowest BCUT2D eigenvalue weighted by Gasteiger charge is -2.32. The second-order valence-electron chi connectivity index (χ2n) is 17.6. The first-order valence-electron chi connectivity index (χ1n) is 21.9. The molecular weight excluding hydrogens is 791 g/mol. The summed E-state index contributed by atoms with van der Waals surface area (Å²) in [5.74, 6) is -0.0496. The van der Waals surface area contributed by atoms with Gasteiger partial charge in [0.05, 0.1) is 16.5 Å². The first-order chi connectivity index (χ1) is 30.0. The zero-order valence-corrected chi connectivity index (χ0v) is 34.9. The van der Waals surface area contributed by atoms with Crippen molar-refractivity contribution in [3.8, 4) is 11.5 Å². The summed E-state index contributed by atoms with van der Waals surface area (Å²) < 4.78 is 27.7. The Labute approximate surface area is 358 Å². The normalized spacial score (nSPS) is 17.5. The molecule has 322 valence electrons. The van der Waals surface area contributed by atoms with Crippen LogP contribution in [0.3, 0.4) is 0 Å². The number of phenols is 2. The van der Waals surface area contributed by atoms with Gasteiger partial charge in [0.2, 0.25) is 11.9 Å². The molecule has 2 aromatic carbocycles. The standard InChI is InChI=1S/C46H52F2N12O2/c1-24-31-4-2-6-33(31)38-41(49)55-45(57-43(38)51-24)52-29-10-14-59(15-11-29)22-26-9-8-25(19-37(26)61)18-36-32-5-3-7-34(32)39-42(50)56-46(58-44(39)54-36)53-30-12-16-60(17-13-30)23-27-20-28(47)21-35(48)40(27)62/h8-9,19-21,29-30,61-62H,2-7,10-18,22-23H2,1H3,(H3,49,51,52,55,57)(H3,50,53,54,56,58). The van der Waals surface area contributed by atoms with Crippen molar-refractivity contribution in [2.24, 2.45) is 0 Å². The fourth-order valence-corrected chi connectivity index (χ4v) is 10.2. The number of anilines is 4. The molecule has 14 nitrogen and oxygen atoms in total. The Bertz CT molecular complexity index is 2720. The summed E-state index contributed by atoms with van der Waals surface area (Å²) in [7, 11) is 0. The van der Waals surface area contributed by atoms with Gasteiger partial charge in [-0.05, 0) is 111 Å². The monoisotopic (exact) mass is 842 g/mol. The molecule has 2 aliphatic carbocycles. The number of hydrogen-bond acceptors (Lipinski definition) is 14. The van der Waals surface area contributed by atoms with E-state index in [4.69, 9.17) is 31.4 Å². The molecule has 0 amide bonds. The number of nitrogens with one attached hydrogen (secondary N) is 2. The van der Waals surface area contributed by atoms with Crippen molar-refractivity contribution in [3.05, 3.63) is 92.3 Å². The number of aromatic hydroxyl groups is 2. The van der Waals surface area contributed by atoms with E-state index in [-0.39, 0.29) is 29.9 Å². The van der Waals surface area contributed by atoms with E-state index in [1.54, 1.807) is 0 Å². The van der Waals surface area contributed by atoms with Gasteiger partial charge in [0, 0.05) is 80.7 Å². The van der Waals surface area contributed by atoms with E-state index in [1.165, 1.54) is 22.8 Å². The van der Waals surface area contributed by atoms with Crippen molar-refractivity contribution in [2.45, 2.75) is 103 Å². The number of phenolic OH excluding ortho intramolecular Hbond substituents is 2. The average Bonchev–Trinajstić information content (AvgIpc) is 3.94. The zero-order chi connectivity index (χ0) is 42.6. The third-order valence-electron chi connectivity index (χ3n) is 13.4. The molecule has 2 aliphatic heterocycles. The van der Waals surface area contributed by atoms with Gasteiger partial charge < -0.3 is 32.3 Å². The van der Waals surface area contributed by atoms with E-state index in [9.17, 15) is 19.0 Å². The molecule has 10 rings (SSSR count). The Morgan fingerprint density at radius 1 is 0.661 bits per heavy atom. The van der Waals surface area contributed by atoms with Gasteiger partial charge in [0.25, 0.3) is 0 Å². The van der Waals surface area contributed by atoms with E-state index >= 15 is 0 Å². The van der Waals surface area contributed by atoms with Crippen molar-refractivity contribution < 1.29 is 19.0 Å². The topological polar surface area (TPSA) is 200 Å². The van der Waals surface area contributed by atoms with E-state index in [1.807, 2.05) is 12.1 Å². The van der Waals surface area contributed by atoms with Gasteiger partial charge >= 0.3 is 0 Å². The molecule has 0 atom stereocenters. The molecule has 16 heteroatoms. The molecular formula is C46H52F2N12O2. The van der Waals surface area contributed by atoms with Crippen LogP contribution < -0.4 is 22.1 Å². The zero-order valence-electron chi connectivity index (χ0n) is 34.9. The van der Waals surface area contributed by atoms with Crippen LogP contribution in [-0.4, -0.2) is 88.2 Å². The van der Waals surface area contributed by atoms with Crippen molar-refractivity contribution in [3.63, 3.8) is 0 Å². The predicted octanol–water partition coefficient (Wildman–Crippen LogP) is 6.25. The minimum atomic E-state index is -0.954. The molecule has 0 radical (unpaired) electrons. The molecule has 4 aromatic heterocycles. The molecule has 62 heavy (non-hydrogen) atoms. The summed E-state index contributed by atoms with van der Waals surface area (Å²) in [5.41, 5.74) is 23.3. The van der Waals surface area contributed by atoms with E-state index < -0.39 is 17.4 Å².